The van der Waals surface area contributed by atoms with Gasteiger partial charge in [-0.05, 0) is 35.0 Å². The molecule has 0 radical (unpaired) electrons. The number of nitrogens with zero attached hydrogens (tertiary/aromatic N) is 2. The Morgan fingerprint density at radius 3 is 2.82 bits per heavy atom. The highest BCUT2D eigenvalue weighted by molar-refractivity contribution is 8.29. The average Bonchev–Trinajstić information content (AvgIpc) is 3.17. The zero-order chi connectivity index (χ0) is 24.1. The van der Waals surface area contributed by atoms with Crippen molar-refractivity contribution in [2.75, 3.05) is 19.5 Å². The van der Waals surface area contributed by atoms with Gasteiger partial charge in [0.25, 0.3) is 0 Å². The Morgan fingerprint density at radius 1 is 1.32 bits per heavy atom. The Balaban J connectivity index is 1.68. The number of carbonyl (C=O) groups excluding carboxylic acids is 2. The molecular weight excluding hydrogens is 456 g/mol. The number of carbonyl (C=O) groups is 2. The topological polar surface area (TPSA) is 136 Å². The van der Waals surface area contributed by atoms with Crippen LogP contribution in [0.2, 0.25) is 0 Å². The average molecular weight is 481 g/mol. The van der Waals surface area contributed by atoms with Crippen LogP contribution in [-0.4, -0.2) is 58.1 Å². The smallest absolute Gasteiger partial charge is 0.410 e. The second kappa shape index (κ2) is 10.4. The SMILES string of the molecule is COc1c(OC(N)=O)cnc2ccc(/C=S3/CC(=O)NC3=N[C@@H](CO)Cc3ccccc3)cc12. The lowest BCUT2D eigenvalue weighted by Gasteiger charge is -2.12. The van der Waals surface area contributed by atoms with Crippen LogP contribution < -0.4 is 20.5 Å². The molecule has 2 amide bonds. The maximum absolute atomic E-state index is 12.2. The zero-order valence-electron chi connectivity index (χ0n) is 18.4. The number of benzene rings is 2. The molecule has 0 saturated carbocycles. The fraction of sp³-hybridized carbons (Fsp3) is 0.208. The summed E-state index contributed by atoms with van der Waals surface area (Å²) in [4.78, 5) is 32.3. The molecule has 1 fully saturated rings. The molecule has 4 rings (SSSR count). The molecule has 0 bridgehead atoms. The molecule has 176 valence electrons. The number of hydrogen-bond acceptors (Lipinski definition) is 7. The van der Waals surface area contributed by atoms with Crippen LogP contribution in [0.15, 0.2) is 59.7 Å². The van der Waals surface area contributed by atoms with Gasteiger partial charge in [-0.3, -0.25) is 14.8 Å². The van der Waals surface area contributed by atoms with E-state index in [0.29, 0.717) is 28.2 Å². The third kappa shape index (κ3) is 5.41. The first-order valence-corrected chi connectivity index (χ1v) is 11.9. The van der Waals surface area contributed by atoms with Crippen molar-refractivity contribution in [1.29, 1.82) is 0 Å². The van der Waals surface area contributed by atoms with E-state index in [1.165, 1.54) is 13.3 Å². The summed E-state index contributed by atoms with van der Waals surface area (Å²) in [5, 5.41) is 15.8. The highest BCUT2D eigenvalue weighted by Gasteiger charge is 2.23. The number of aliphatic hydroxyl groups is 1. The van der Waals surface area contributed by atoms with E-state index >= 15 is 0 Å². The molecule has 2 atom stereocenters. The minimum atomic E-state index is -0.964. The highest BCUT2D eigenvalue weighted by atomic mass is 32.2. The number of nitrogens with two attached hydrogens (primary N) is 1. The van der Waals surface area contributed by atoms with Crippen LogP contribution in [0.4, 0.5) is 4.79 Å². The van der Waals surface area contributed by atoms with Gasteiger partial charge in [-0.25, -0.2) is 4.79 Å². The van der Waals surface area contributed by atoms with Crippen molar-refractivity contribution in [1.82, 2.24) is 10.3 Å². The Kier molecular flexibility index (Phi) is 7.19. The van der Waals surface area contributed by atoms with Gasteiger partial charge in [0.2, 0.25) is 5.91 Å². The number of amides is 2. The van der Waals surface area contributed by atoms with Gasteiger partial charge in [-0.1, -0.05) is 36.4 Å². The number of aromatic nitrogens is 1. The van der Waals surface area contributed by atoms with Gasteiger partial charge in [-0.2, -0.15) is 0 Å². The van der Waals surface area contributed by atoms with Crippen molar-refractivity contribution >= 4 is 43.9 Å². The molecule has 10 heteroatoms. The molecule has 1 aliphatic heterocycles. The van der Waals surface area contributed by atoms with Crippen LogP contribution in [0.5, 0.6) is 11.5 Å². The minimum absolute atomic E-state index is 0.119. The molecule has 34 heavy (non-hydrogen) atoms. The van der Waals surface area contributed by atoms with Crippen LogP contribution in [-0.2, 0) is 11.2 Å². The predicted molar refractivity (Wildman–Crippen MR) is 133 cm³/mol. The molecule has 1 aromatic heterocycles. The van der Waals surface area contributed by atoms with Gasteiger partial charge in [0, 0.05) is 5.39 Å². The molecular formula is C24H24N4O5S. The Labute approximate surface area is 198 Å². The number of nitrogens with one attached hydrogen (secondary N) is 1. The lowest BCUT2D eigenvalue weighted by Crippen LogP contribution is -2.24. The summed E-state index contributed by atoms with van der Waals surface area (Å²) in [6.07, 6.45) is 0.979. The molecule has 4 N–H and O–H groups in total. The molecule has 3 aromatic rings. The van der Waals surface area contributed by atoms with Crippen LogP contribution >= 0.6 is 10.5 Å². The number of methoxy groups -OCH3 is 1. The van der Waals surface area contributed by atoms with Crippen LogP contribution in [0.1, 0.15) is 11.1 Å². The number of amidine groups is 1. The number of ether oxygens (including phenoxy) is 2. The van der Waals surface area contributed by atoms with E-state index in [0.717, 1.165) is 11.1 Å². The Hall–Kier alpha value is -3.76. The first kappa shape index (κ1) is 23.4. The zero-order valence-corrected chi connectivity index (χ0v) is 19.2. The molecule has 9 nitrogen and oxygen atoms in total. The number of hydrogen-bond donors (Lipinski definition) is 3. The van der Waals surface area contributed by atoms with E-state index in [9.17, 15) is 14.7 Å². The summed E-state index contributed by atoms with van der Waals surface area (Å²) in [6.45, 7) is -0.132. The van der Waals surface area contributed by atoms with Gasteiger partial charge in [0.15, 0.2) is 16.7 Å². The second-order valence-corrected chi connectivity index (χ2v) is 9.32. The molecule has 2 aromatic carbocycles. The van der Waals surface area contributed by atoms with Crippen molar-refractivity contribution in [2.45, 2.75) is 12.5 Å². The van der Waals surface area contributed by atoms with E-state index in [1.807, 2.05) is 53.9 Å². The molecule has 0 spiro atoms. The summed E-state index contributed by atoms with van der Waals surface area (Å²) in [5.74, 6) is 0.612. The van der Waals surface area contributed by atoms with Gasteiger partial charge in [-0.15, -0.1) is 10.5 Å². The van der Waals surface area contributed by atoms with Gasteiger partial charge in [0.05, 0.1) is 37.2 Å². The maximum Gasteiger partial charge on any atom is 0.410 e. The largest absolute Gasteiger partial charge is 0.492 e. The Bertz CT molecular complexity index is 1290. The third-order valence-corrected chi connectivity index (χ3v) is 6.94. The first-order valence-electron chi connectivity index (χ1n) is 10.5. The molecule has 1 unspecified atom stereocenters. The number of fused-ring (bicyclic) bond motifs is 1. The second-order valence-electron chi connectivity index (χ2n) is 7.55. The monoisotopic (exact) mass is 480 g/mol. The summed E-state index contributed by atoms with van der Waals surface area (Å²) >= 11 is 0. The minimum Gasteiger partial charge on any atom is -0.492 e. The third-order valence-electron chi connectivity index (χ3n) is 5.11. The fourth-order valence-corrected chi connectivity index (χ4v) is 5.32. The van der Waals surface area contributed by atoms with E-state index < -0.39 is 16.6 Å². The standard InChI is InChI=1S/C24H24N4O5S/c1-32-22-18-10-16(7-8-19(18)26-11-20(22)33-23(25)31)13-34-14-21(30)28-24(34)27-17(12-29)9-15-5-3-2-4-6-15/h2-8,10-11,13,17,29H,9,12,14H2,1H3,(H2,25,31)(H,27,28,30)/t17-,34?/m1/s1. The number of aliphatic imine (C=N–C) groups is 1. The van der Waals surface area contributed by atoms with Crippen molar-refractivity contribution in [3.8, 4) is 11.5 Å². The highest BCUT2D eigenvalue weighted by Crippen LogP contribution is 2.35. The quantitative estimate of drug-likeness (QED) is 0.444. The fourth-order valence-electron chi connectivity index (χ4n) is 3.63. The van der Waals surface area contributed by atoms with Crippen molar-refractivity contribution in [3.05, 3.63) is 65.9 Å². The van der Waals surface area contributed by atoms with Crippen LogP contribution in [0, 0.1) is 0 Å². The van der Waals surface area contributed by atoms with Gasteiger partial charge >= 0.3 is 6.09 Å². The number of aliphatic hydroxyl groups excluding tert-OH is 1. The van der Waals surface area contributed by atoms with Crippen LogP contribution in [0.3, 0.4) is 0 Å². The normalized spacial score (nSPS) is 17.6. The van der Waals surface area contributed by atoms with E-state index in [4.69, 9.17) is 15.2 Å². The van der Waals surface area contributed by atoms with Crippen molar-refractivity contribution < 1.29 is 24.2 Å². The number of rotatable bonds is 7. The summed E-state index contributed by atoms with van der Waals surface area (Å²) < 4.78 is 10.4. The van der Waals surface area contributed by atoms with E-state index in [1.54, 1.807) is 0 Å². The predicted octanol–water partition coefficient (Wildman–Crippen LogP) is 2.21. The van der Waals surface area contributed by atoms with E-state index in [2.05, 4.69) is 15.3 Å². The number of primary amides is 1. The van der Waals surface area contributed by atoms with Gasteiger partial charge in [0.1, 0.15) is 0 Å². The first-order chi connectivity index (χ1) is 16.5. The van der Waals surface area contributed by atoms with Crippen molar-refractivity contribution in [2.24, 2.45) is 10.7 Å². The van der Waals surface area contributed by atoms with Crippen molar-refractivity contribution in [3.63, 3.8) is 0 Å². The lowest BCUT2D eigenvalue weighted by molar-refractivity contribution is -0.116. The van der Waals surface area contributed by atoms with Crippen LogP contribution in [0.25, 0.3) is 10.9 Å². The van der Waals surface area contributed by atoms with E-state index in [-0.39, 0.29) is 30.1 Å². The summed E-state index contributed by atoms with van der Waals surface area (Å²) in [5.41, 5.74) is 7.66. The summed E-state index contributed by atoms with van der Waals surface area (Å²) in [7, 11) is 0.860. The summed E-state index contributed by atoms with van der Waals surface area (Å²) in [6, 6.07) is 14.9. The molecule has 0 aliphatic carbocycles. The Morgan fingerprint density at radius 2 is 2.12 bits per heavy atom. The van der Waals surface area contributed by atoms with Gasteiger partial charge < -0.3 is 25.6 Å². The maximum atomic E-state index is 12.2. The molecule has 2 heterocycles. The number of pyridine rings is 1. The molecule has 1 aliphatic rings. The molecule has 1 saturated heterocycles. The lowest BCUT2D eigenvalue weighted by atomic mass is 10.1.